The highest BCUT2D eigenvalue weighted by Gasteiger charge is 2.07. The molecule has 7 nitrogen and oxygen atoms in total. The topological polar surface area (TPSA) is 78.4 Å². The fourth-order valence-corrected chi connectivity index (χ4v) is 2.78. The molecule has 0 aliphatic rings. The summed E-state index contributed by atoms with van der Waals surface area (Å²) in [5.41, 5.74) is 1.13. The summed E-state index contributed by atoms with van der Waals surface area (Å²) in [6.07, 6.45) is 0.219. The fourth-order valence-electron chi connectivity index (χ4n) is 2.78. The summed E-state index contributed by atoms with van der Waals surface area (Å²) in [5.74, 6) is 2.89. The molecule has 0 amide bonds. The lowest BCUT2D eigenvalue weighted by molar-refractivity contribution is 0.106. The maximum absolute atomic E-state index is 10.1. The molecule has 1 unspecified atom stereocenters. The average molecular weight is 420 g/mol. The zero-order valence-corrected chi connectivity index (χ0v) is 18.1. The van der Waals surface area contributed by atoms with Gasteiger partial charge in [-0.05, 0) is 61.9 Å². The van der Waals surface area contributed by atoms with Gasteiger partial charge in [-0.1, -0.05) is 6.07 Å². The number of methoxy groups -OCH3 is 2. The Bertz CT molecular complexity index is 722. The van der Waals surface area contributed by atoms with Crippen molar-refractivity contribution in [3.05, 3.63) is 48.0 Å². The molecular weight excluding hydrogens is 386 g/mol. The summed E-state index contributed by atoms with van der Waals surface area (Å²) in [4.78, 5) is 0. The molecule has 2 aromatic rings. The highest BCUT2D eigenvalue weighted by atomic mass is 16.5. The van der Waals surface area contributed by atoms with E-state index in [0.717, 1.165) is 24.3 Å². The number of benzene rings is 2. The smallest absolute Gasteiger partial charge is 0.160 e. The summed E-state index contributed by atoms with van der Waals surface area (Å²) in [6.45, 7) is 5.12. The van der Waals surface area contributed by atoms with Gasteiger partial charge in [-0.25, -0.2) is 0 Å². The molecule has 0 fully saturated rings. The summed E-state index contributed by atoms with van der Waals surface area (Å²) >= 11 is 0. The first kappa shape index (κ1) is 23.8. The maximum atomic E-state index is 10.1. The number of aliphatic hydroxyl groups excluding tert-OH is 1. The summed E-state index contributed by atoms with van der Waals surface area (Å²) < 4.78 is 27.0. The van der Waals surface area contributed by atoms with Crippen molar-refractivity contribution >= 4 is 0 Å². The van der Waals surface area contributed by atoms with E-state index >= 15 is 0 Å². The molecular formula is C23H33NO6. The van der Waals surface area contributed by atoms with Crippen molar-refractivity contribution < 1.29 is 28.8 Å². The number of rotatable bonds is 15. The van der Waals surface area contributed by atoms with Gasteiger partial charge in [0.25, 0.3) is 0 Å². The van der Waals surface area contributed by atoms with Gasteiger partial charge in [-0.2, -0.15) is 0 Å². The van der Waals surface area contributed by atoms with Crippen molar-refractivity contribution in [2.45, 2.75) is 19.4 Å². The van der Waals surface area contributed by atoms with Crippen LogP contribution in [0.25, 0.3) is 0 Å². The number of nitrogens with one attached hydrogen (secondary N) is 1. The predicted octanol–water partition coefficient (Wildman–Crippen LogP) is 2.69. The molecule has 0 bridgehead atoms. The second kappa shape index (κ2) is 13.7. The molecule has 0 aliphatic carbocycles. The van der Waals surface area contributed by atoms with Crippen LogP contribution in [0, 0.1) is 0 Å². The van der Waals surface area contributed by atoms with Crippen LogP contribution in [0.2, 0.25) is 0 Å². The van der Waals surface area contributed by atoms with Crippen molar-refractivity contribution in [3.63, 3.8) is 0 Å². The van der Waals surface area contributed by atoms with E-state index < -0.39 is 6.10 Å². The lowest BCUT2D eigenvalue weighted by Gasteiger charge is -2.14. The first-order valence-corrected chi connectivity index (χ1v) is 10.2. The quantitative estimate of drug-likeness (QED) is 0.430. The number of ether oxygens (including phenoxy) is 5. The van der Waals surface area contributed by atoms with E-state index in [-0.39, 0.29) is 6.61 Å². The van der Waals surface area contributed by atoms with Crippen LogP contribution < -0.4 is 24.3 Å². The van der Waals surface area contributed by atoms with Gasteiger partial charge < -0.3 is 34.1 Å². The second-order valence-corrected chi connectivity index (χ2v) is 6.63. The van der Waals surface area contributed by atoms with Crippen molar-refractivity contribution in [1.29, 1.82) is 0 Å². The van der Waals surface area contributed by atoms with Gasteiger partial charge in [-0.3, -0.25) is 0 Å². The summed E-state index contributed by atoms with van der Waals surface area (Å²) in [7, 11) is 3.24. The van der Waals surface area contributed by atoms with E-state index in [1.165, 1.54) is 0 Å². The molecule has 0 saturated carbocycles. The molecule has 0 aliphatic heterocycles. The van der Waals surface area contributed by atoms with Crippen molar-refractivity contribution in [3.8, 4) is 23.0 Å². The first-order valence-electron chi connectivity index (χ1n) is 10.2. The molecule has 1 atom stereocenters. The van der Waals surface area contributed by atoms with Crippen LogP contribution in [0.5, 0.6) is 23.0 Å². The Morgan fingerprint density at radius 2 is 1.60 bits per heavy atom. The Labute approximate surface area is 178 Å². The summed E-state index contributed by atoms with van der Waals surface area (Å²) in [6, 6.07) is 13.2. The van der Waals surface area contributed by atoms with Crippen LogP contribution in [-0.2, 0) is 11.2 Å². The average Bonchev–Trinajstić information content (AvgIpc) is 2.78. The van der Waals surface area contributed by atoms with Gasteiger partial charge in [0.05, 0.1) is 20.8 Å². The molecule has 7 heteroatoms. The first-order chi connectivity index (χ1) is 14.7. The fraction of sp³-hybridized carbons (Fsp3) is 0.478. The van der Waals surface area contributed by atoms with Crippen LogP contribution in [0.3, 0.4) is 0 Å². The van der Waals surface area contributed by atoms with Gasteiger partial charge in [0.1, 0.15) is 30.8 Å². The number of hydrogen-bond donors (Lipinski definition) is 2. The molecule has 0 aromatic heterocycles. The number of aliphatic hydroxyl groups is 1. The Hall–Kier alpha value is -2.48. The van der Waals surface area contributed by atoms with E-state index in [9.17, 15) is 5.11 Å². The third-order valence-electron chi connectivity index (χ3n) is 4.39. The third-order valence-corrected chi connectivity index (χ3v) is 4.39. The maximum Gasteiger partial charge on any atom is 0.160 e. The molecule has 0 saturated heterocycles. The standard InChI is InChI=1S/C23H33NO6/c1-4-28-13-14-29-20-6-8-21(9-7-20)30-17-19(25)16-24-12-11-18-5-10-22(26-2)23(15-18)27-3/h5-10,15,19,24-25H,4,11-14,16-17H2,1-3H3. The van der Waals surface area contributed by atoms with Gasteiger partial charge in [-0.15, -0.1) is 0 Å². The van der Waals surface area contributed by atoms with Gasteiger partial charge in [0.2, 0.25) is 0 Å². The minimum Gasteiger partial charge on any atom is -0.493 e. The lowest BCUT2D eigenvalue weighted by Crippen LogP contribution is -2.32. The van der Waals surface area contributed by atoms with Crippen LogP contribution in [0.1, 0.15) is 12.5 Å². The molecule has 166 valence electrons. The predicted molar refractivity (Wildman–Crippen MR) is 116 cm³/mol. The highest BCUT2D eigenvalue weighted by molar-refractivity contribution is 5.42. The number of hydrogen-bond acceptors (Lipinski definition) is 7. The van der Waals surface area contributed by atoms with Crippen LogP contribution >= 0.6 is 0 Å². The third kappa shape index (κ3) is 8.49. The Morgan fingerprint density at radius 1 is 0.900 bits per heavy atom. The Morgan fingerprint density at radius 3 is 2.27 bits per heavy atom. The van der Waals surface area contributed by atoms with E-state index in [2.05, 4.69) is 5.32 Å². The lowest BCUT2D eigenvalue weighted by atomic mass is 10.1. The van der Waals surface area contributed by atoms with Crippen LogP contribution in [-0.4, -0.2) is 64.9 Å². The SMILES string of the molecule is CCOCCOc1ccc(OCC(O)CNCCc2ccc(OC)c(OC)c2)cc1. The van der Waals surface area contributed by atoms with Crippen molar-refractivity contribution in [1.82, 2.24) is 5.32 Å². The summed E-state index contributed by atoms with van der Waals surface area (Å²) in [5, 5.41) is 13.4. The van der Waals surface area contributed by atoms with Gasteiger partial charge >= 0.3 is 0 Å². The van der Waals surface area contributed by atoms with E-state index in [0.29, 0.717) is 43.6 Å². The highest BCUT2D eigenvalue weighted by Crippen LogP contribution is 2.27. The molecule has 2 N–H and O–H groups in total. The van der Waals surface area contributed by atoms with E-state index in [4.69, 9.17) is 23.7 Å². The minimum absolute atomic E-state index is 0.216. The largest absolute Gasteiger partial charge is 0.493 e. The molecule has 0 heterocycles. The molecule has 0 spiro atoms. The molecule has 2 aromatic carbocycles. The van der Waals surface area contributed by atoms with Crippen molar-refractivity contribution in [2.24, 2.45) is 0 Å². The molecule has 0 radical (unpaired) electrons. The monoisotopic (exact) mass is 419 g/mol. The Balaban J connectivity index is 1.62. The Kier molecular flexibility index (Phi) is 10.9. The van der Waals surface area contributed by atoms with Gasteiger partial charge in [0, 0.05) is 13.2 Å². The van der Waals surface area contributed by atoms with Crippen molar-refractivity contribution in [2.75, 3.05) is 53.7 Å². The second-order valence-electron chi connectivity index (χ2n) is 6.63. The van der Waals surface area contributed by atoms with E-state index in [1.54, 1.807) is 14.2 Å². The van der Waals surface area contributed by atoms with E-state index in [1.807, 2.05) is 49.4 Å². The zero-order valence-electron chi connectivity index (χ0n) is 18.1. The van der Waals surface area contributed by atoms with Crippen LogP contribution in [0.4, 0.5) is 0 Å². The minimum atomic E-state index is -0.600. The zero-order chi connectivity index (χ0) is 21.6. The molecule has 2 rings (SSSR count). The molecule has 30 heavy (non-hydrogen) atoms. The normalized spacial score (nSPS) is 11.7. The van der Waals surface area contributed by atoms with Gasteiger partial charge in [0.15, 0.2) is 11.5 Å². The van der Waals surface area contributed by atoms with Crippen LogP contribution in [0.15, 0.2) is 42.5 Å².